The maximum absolute atomic E-state index is 11.7. The van der Waals surface area contributed by atoms with E-state index in [4.69, 9.17) is 5.84 Å². The molecular formula is C10H12N4O4. The van der Waals surface area contributed by atoms with E-state index in [2.05, 4.69) is 5.32 Å². The Bertz CT molecular complexity index is 489. The van der Waals surface area contributed by atoms with E-state index in [0.29, 0.717) is 0 Å². The highest BCUT2D eigenvalue weighted by Gasteiger charge is 2.17. The van der Waals surface area contributed by atoms with Gasteiger partial charge in [0, 0.05) is 17.7 Å². The van der Waals surface area contributed by atoms with Gasteiger partial charge in [-0.15, -0.1) is 0 Å². The van der Waals surface area contributed by atoms with Gasteiger partial charge in [0.1, 0.15) is 6.04 Å². The molecule has 0 aromatic heterocycles. The average Bonchev–Trinajstić information content (AvgIpc) is 2.37. The lowest BCUT2D eigenvalue weighted by Gasteiger charge is -2.11. The molecule has 0 bridgehead atoms. The van der Waals surface area contributed by atoms with Gasteiger partial charge in [-0.25, -0.2) is 5.84 Å². The van der Waals surface area contributed by atoms with Crippen LogP contribution in [0.3, 0.4) is 0 Å². The lowest BCUT2D eigenvalue weighted by molar-refractivity contribution is -0.384. The minimum Gasteiger partial charge on any atom is -0.340 e. The van der Waals surface area contributed by atoms with Crippen LogP contribution in [0, 0.1) is 10.1 Å². The number of hydrogen-bond acceptors (Lipinski definition) is 5. The van der Waals surface area contributed by atoms with Crippen LogP contribution in [-0.4, -0.2) is 22.8 Å². The van der Waals surface area contributed by atoms with Crippen molar-refractivity contribution in [3.63, 3.8) is 0 Å². The van der Waals surface area contributed by atoms with Crippen molar-refractivity contribution in [3.05, 3.63) is 39.9 Å². The van der Waals surface area contributed by atoms with Crippen molar-refractivity contribution < 1.29 is 14.5 Å². The molecule has 0 aliphatic carbocycles. The van der Waals surface area contributed by atoms with Gasteiger partial charge in [0.25, 0.3) is 17.5 Å². The van der Waals surface area contributed by atoms with E-state index in [1.54, 1.807) is 0 Å². The van der Waals surface area contributed by atoms with Crippen LogP contribution in [0.25, 0.3) is 0 Å². The van der Waals surface area contributed by atoms with Gasteiger partial charge in [-0.1, -0.05) is 6.07 Å². The number of nitrogens with two attached hydrogens (primary N) is 1. The van der Waals surface area contributed by atoms with Gasteiger partial charge in [0.2, 0.25) is 0 Å². The first-order valence-corrected chi connectivity index (χ1v) is 5.01. The van der Waals surface area contributed by atoms with Crippen LogP contribution < -0.4 is 16.6 Å². The van der Waals surface area contributed by atoms with E-state index in [0.717, 1.165) is 6.07 Å². The fourth-order valence-corrected chi connectivity index (χ4v) is 1.23. The van der Waals surface area contributed by atoms with E-state index in [-0.39, 0.29) is 11.3 Å². The van der Waals surface area contributed by atoms with Crippen LogP contribution >= 0.6 is 0 Å². The highest BCUT2D eigenvalue weighted by atomic mass is 16.6. The Morgan fingerprint density at radius 2 is 2.11 bits per heavy atom. The monoisotopic (exact) mass is 252 g/mol. The summed E-state index contributed by atoms with van der Waals surface area (Å²) in [7, 11) is 0. The number of hydrazine groups is 1. The predicted octanol–water partition coefficient (Wildman–Crippen LogP) is -0.297. The fraction of sp³-hybridized carbons (Fsp3) is 0.200. The summed E-state index contributed by atoms with van der Waals surface area (Å²) in [5.74, 6) is 3.76. The van der Waals surface area contributed by atoms with Crippen molar-refractivity contribution in [1.82, 2.24) is 10.7 Å². The third kappa shape index (κ3) is 3.25. The number of nitro groups is 1. The van der Waals surface area contributed by atoms with Gasteiger partial charge in [0.05, 0.1) is 4.92 Å². The predicted molar refractivity (Wildman–Crippen MR) is 62.4 cm³/mol. The zero-order valence-corrected chi connectivity index (χ0v) is 9.54. The summed E-state index contributed by atoms with van der Waals surface area (Å²) in [5.41, 5.74) is 1.79. The molecule has 18 heavy (non-hydrogen) atoms. The maximum Gasteiger partial charge on any atom is 0.270 e. The molecular weight excluding hydrogens is 240 g/mol. The van der Waals surface area contributed by atoms with Crippen molar-refractivity contribution in [2.75, 3.05) is 0 Å². The smallest absolute Gasteiger partial charge is 0.270 e. The van der Waals surface area contributed by atoms with Gasteiger partial charge >= 0.3 is 0 Å². The molecule has 8 heteroatoms. The number of nitro benzene ring substituents is 1. The molecule has 0 aliphatic heterocycles. The minimum atomic E-state index is -0.832. The molecule has 0 fully saturated rings. The van der Waals surface area contributed by atoms with Gasteiger partial charge in [0.15, 0.2) is 0 Å². The highest BCUT2D eigenvalue weighted by molar-refractivity contribution is 5.97. The normalized spacial score (nSPS) is 11.4. The standard InChI is InChI=1S/C10H12N4O4/c1-6(9(15)13-11)12-10(16)7-3-2-4-8(5-7)14(17)18/h2-6H,11H2,1H3,(H,12,16)(H,13,15)/t6-/m1/s1. The van der Waals surface area contributed by atoms with Crippen LogP contribution in [0.4, 0.5) is 5.69 Å². The molecule has 0 radical (unpaired) electrons. The second-order valence-electron chi connectivity index (χ2n) is 3.51. The molecule has 0 spiro atoms. The summed E-state index contributed by atoms with van der Waals surface area (Å²) < 4.78 is 0. The number of benzene rings is 1. The molecule has 0 unspecified atom stereocenters. The summed E-state index contributed by atoms with van der Waals surface area (Å²) >= 11 is 0. The van der Waals surface area contributed by atoms with E-state index in [1.165, 1.54) is 25.1 Å². The second kappa shape index (κ2) is 5.73. The molecule has 1 atom stereocenters. The van der Waals surface area contributed by atoms with Crippen LogP contribution in [0.15, 0.2) is 24.3 Å². The molecule has 4 N–H and O–H groups in total. The lowest BCUT2D eigenvalue weighted by atomic mass is 10.2. The number of non-ortho nitro benzene ring substituents is 1. The number of rotatable bonds is 4. The topological polar surface area (TPSA) is 127 Å². The van der Waals surface area contributed by atoms with Crippen molar-refractivity contribution in [3.8, 4) is 0 Å². The number of hydrogen-bond donors (Lipinski definition) is 3. The number of nitrogens with zero attached hydrogens (tertiary/aromatic N) is 1. The summed E-state index contributed by atoms with van der Waals surface area (Å²) in [6.45, 7) is 1.44. The summed E-state index contributed by atoms with van der Waals surface area (Å²) in [6.07, 6.45) is 0. The molecule has 0 saturated carbocycles. The largest absolute Gasteiger partial charge is 0.340 e. The number of amides is 2. The Morgan fingerprint density at radius 3 is 2.67 bits per heavy atom. The van der Waals surface area contributed by atoms with E-state index >= 15 is 0 Å². The van der Waals surface area contributed by atoms with E-state index in [9.17, 15) is 19.7 Å². The Labute approximate surface area is 102 Å². The Morgan fingerprint density at radius 1 is 1.44 bits per heavy atom. The van der Waals surface area contributed by atoms with Gasteiger partial charge in [-0.3, -0.25) is 25.1 Å². The zero-order valence-electron chi connectivity index (χ0n) is 9.54. The number of carbonyl (C=O) groups excluding carboxylic acids is 2. The average molecular weight is 252 g/mol. The lowest BCUT2D eigenvalue weighted by Crippen LogP contribution is -2.47. The van der Waals surface area contributed by atoms with E-state index < -0.39 is 22.8 Å². The van der Waals surface area contributed by atoms with Crippen LogP contribution in [0.2, 0.25) is 0 Å². The molecule has 0 aliphatic rings. The summed E-state index contributed by atoms with van der Waals surface area (Å²) in [6, 6.07) is 4.37. The molecule has 2 amide bonds. The SMILES string of the molecule is C[C@@H](NC(=O)c1cccc([N+](=O)[O-])c1)C(=O)NN. The second-order valence-corrected chi connectivity index (χ2v) is 3.51. The first kappa shape index (κ1) is 13.6. The van der Waals surface area contributed by atoms with Crippen molar-refractivity contribution in [1.29, 1.82) is 0 Å². The highest BCUT2D eigenvalue weighted by Crippen LogP contribution is 2.12. The number of carbonyl (C=O) groups is 2. The number of nitrogens with one attached hydrogen (secondary N) is 2. The van der Waals surface area contributed by atoms with Crippen LogP contribution in [0.1, 0.15) is 17.3 Å². The fourth-order valence-electron chi connectivity index (χ4n) is 1.23. The zero-order chi connectivity index (χ0) is 13.7. The van der Waals surface area contributed by atoms with Crippen molar-refractivity contribution in [2.24, 2.45) is 5.84 Å². The Hall–Kier alpha value is -2.48. The molecule has 1 rings (SSSR count). The summed E-state index contributed by atoms with van der Waals surface area (Å²) in [5, 5.41) is 12.9. The quantitative estimate of drug-likeness (QED) is 0.293. The molecule has 96 valence electrons. The molecule has 1 aromatic rings. The van der Waals surface area contributed by atoms with Crippen LogP contribution in [0.5, 0.6) is 0 Å². The molecule has 0 heterocycles. The van der Waals surface area contributed by atoms with Crippen LogP contribution in [-0.2, 0) is 4.79 Å². The molecule has 1 aromatic carbocycles. The first-order chi connectivity index (χ1) is 8.45. The van der Waals surface area contributed by atoms with Gasteiger partial charge in [-0.2, -0.15) is 0 Å². The first-order valence-electron chi connectivity index (χ1n) is 5.01. The third-order valence-electron chi connectivity index (χ3n) is 2.20. The molecule has 0 saturated heterocycles. The van der Waals surface area contributed by atoms with E-state index in [1.807, 2.05) is 5.43 Å². The minimum absolute atomic E-state index is 0.0980. The maximum atomic E-state index is 11.7. The van der Waals surface area contributed by atoms with Gasteiger partial charge in [-0.05, 0) is 13.0 Å². The van der Waals surface area contributed by atoms with Crippen molar-refractivity contribution >= 4 is 17.5 Å². The Kier molecular flexibility index (Phi) is 4.33. The Balaban J connectivity index is 2.81. The molecule has 8 nitrogen and oxygen atoms in total. The third-order valence-corrected chi connectivity index (χ3v) is 2.20. The van der Waals surface area contributed by atoms with Crippen molar-refractivity contribution in [2.45, 2.75) is 13.0 Å². The van der Waals surface area contributed by atoms with Gasteiger partial charge < -0.3 is 5.32 Å². The summed E-state index contributed by atoms with van der Waals surface area (Å²) in [4.78, 5) is 32.7.